The van der Waals surface area contributed by atoms with Gasteiger partial charge in [-0.15, -0.1) is 12.8 Å². The van der Waals surface area contributed by atoms with Crippen molar-refractivity contribution in [1.82, 2.24) is 0 Å². The standard InChI is InChI=1S/2C6H7O.2ClH.Ti/c2*1-7-6-4-2-3-5-6;;;/h2*2,4H,3H2,1H3;2*1H;/q2*-1;;;+4/p-2. The molecule has 0 unspecified atom stereocenters. The number of methoxy groups -OCH3 is 2. The molecule has 2 aliphatic rings. The van der Waals surface area contributed by atoms with Crippen LogP contribution in [0.2, 0.25) is 0 Å². The van der Waals surface area contributed by atoms with Crippen LogP contribution in [0, 0.1) is 12.2 Å². The Kier molecular flexibility index (Phi) is 18.1. The molecule has 0 saturated heterocycles. The van der Waals surface area contributed by atoms with Gasteiger partial charge < -0.3 is 34.3 Å². The van der Waals surface area contributed by atoms with E-state index in [4.69, 9.17) is 9.47 Å². The number of rotatable bonds is 2. The summed E-state index contributed by atoms with van der Waals surface area (Å²) >= 11 is 0. The Morgan fingerprint density at radius 1 is 0.882 bits per heavy atom. The molecule has 0 aliphatic heterocycles. The van der Waals surface area contributed by atoms with E-state index in [1.807, 2.05) is 24.3 Å². The molecule has 2 nitrogen and oxygen atoms in total. The van der Waals surface area contributed by atoms with Gasteiger partial charge in [0.25, 0.3) is 0 Å². The van der Waals surface area contributed by atoms with Gasteiger partial charge in [0.05, 0.1) is 14.2 Å². The molecule has 0 bridgehead atoms. The molecular weight excluding hydrogens is 295 g/mol. The molecule has 0 aromatic carbocycles. The first-order valence-electron chi connectivity index (χ1n) is 4.49. The molecule has 2 rings (SSSR count). The van der Waals surface area contributed by atoms with Gasteiger partial charge in [0.15, 0.2) is 0 Å². The van der Waals surface area contributed by atoms with Crippen LogP contribution in [-0.4, -0.2) is 14.2 Å². The molecule has 0 aromatic rings. The zero-order valence-corrected chi connectivity index (χ0v) is 12.9. The third-order valence-electron chi connectivity index (χ3n) is 1.77. The molecule has 0 aromatic heterocycles. The maximum Gasteiger partial charge on any atom is 4.00 e. The van der Waals surface area contributed by atoms with Crippen LogP contribution in [0.15, 0.2) is 35.8 Å². The van der Waals surface area contributed by atoms with Crippen LogP contribution in [0.3, 0.4) is 0 Å². The fraction of sp³-hybridized carbons (Fsp3) is 0.333. The van der Waals surface area contributed by atoms with E-state index in [0.29, 0.717) is 0 Å². The predicted molar refractivity (Wildman–Crippen MR) is 55.0 cm³/mol. The second-order valence-corrected chi connectivity index (χ2v) is 2.70. The van der Waals surface area contributed by atoms with Gasteiger partial charge in [-0.2, -0.15) is 24.3 Å². The first kappa shape index (κ1) is 22.1. The molecule has 0 spiro atoms. The van der Waals surface area contributed by atoms with E-state index in [1.54, 1.807) is 14.2 Å². The minimum absolute atomic E-state index is 0. The number of hydrogen-bond acceptors (Lipinski definition) is 2. The summed E-state index contributed by atoms with van der Waals surface area (Å²) < 4.78 is 9.66. The van der Waals surface area contributed by atoms with Gasteiger partial charge in [-0.05, 0) is 0 Å². The van der Waals surface area contributed by atoms with E-state index in [2.05, 4.69) is 12.2 Å². The predicted octanol–water partition coefficient (Wildman–Crippen LogP) is -3.43. The van der Waals surface area contributed by atoms with Crippen molar-refractivity contribution in [2.24, 2.45) is 0 Å². The van der Waals surface area contributed by atoms with Crippen LogP contribution >= 0.6 is 0 Å². The molecule has 2 aliphatic carbocycles. The van der Waals surface area contributed by atoms with Crippen molar-refractivity contribution in [3.8, 4) is 0 Å². The van der Waals surface area contributed by atoms with E-state index in [9.17, 15) is 0 Å². The Hall–Kier alpha value is -0.146. The fourth-order valence-corrected chi connectivity index (χ4v) is 1.05. The molecule has 0 amide bonds. The van der Waals surface area contributed by atoms with Gasteiger partial charge in [-0.3, -0.25) is 0 Å². The quantitative estimate of drug-likeness (QED) is 0.390. The smallest absolute Gasteiger partial charge is 1.00 e. The number of hydrogen-bond donors (Lipinski definition) is 0. The largest absolute Gasteiger partial charge is 4.00 e. The molecular formula is C12H14Cl2O2Ti. The van der Waals surface area contributed by atoms with Crippen molar-refractivity contribution in [3.63, 3.8) is 0 Å². The Labute approximate surface area is 131 Å². The van der Waals surface area contributed by atoms with Crippen LogP contribution in [0.4, 0.5) is 0 Å². The number of ether oxygens (including phenoxy) is 2. The van der Waals surface area contributed by atoms with Crippen LogP contribution in [0.1, 0.15) is 12.8 Å². The molecule has 0 N–H and O–H groups in total. The Morgan fingerprint density at radius 2 is 1.24 bits per heavy atom. The van der Waals surface area contributed by atoms with Crippen LogP contribution in [-0.2, 0) is 31.2 Å². The summed E-state index contributed by atoms with van der Waals surface area (Å²) in [6.07, 6.45) is 15.6. The molecule has 0 heterocycles. The van der Waals surface area contributed by atoms with Gasteiger partial charge in [0.2, 0.25) is 0 Å². The minimum atomic E-state index is 0. The first-order chi connectivity index (χ1) is 6.86. The SMILES string of the molecule is COC1=[C-]CC=C1.COC1=[C-]CC=C1.[Cl-].[Cl-].[Ti+4]. The molecule has 5 heteroatoms. The average Bonchev–Trinajstić information content (AvgIpc) is 2.92. The second kappa shape index (κ2) is 13.9. The summed E-state index contributed by atoms with van der Waals surface area (Å²) in [5.41, 5.74) is 0. The van der Waals surface area contributed by atoms with Crippen molar-refractivity contribution in [2.45, 2.75) is 12.8 Å². The first-order valence-corrected chi connectivity index (χ1v) is 4.49. The molecule has 0 atom stereocenters. The topological polar surface area (TPSA) is 18.5 Å². The van der Waals surface area contributed by atoms with E-state index in [0.717, 1.165) is 24.4 Å². The summed E-state index contributed by atoms with van der Waals surface area (Å²) in [7, 11) is 3.30. The second-order valence-electron chi connectivity index (χ2n) is 2.70. The molecule has 17 heavy (non-hydrogen) atoms. The Balaban J connectivity index is -0.000000196. The van der Waals surface area contributed by atoms with Crippen molar-refractivity contribution < 1.29 is 56.0 Å². The van der Waals surface area contributed by atoms with E-state index < -0.39 is 0 Å². The normalized spacial score (nSPS) is 14.0. The third kappa shape index (κ3) is 9.55. The summed E-state index contributed by atoms with van der Waals surface area (Å²) in [5.74, 6) is 1.72. The van der Waals surface area contributed by atoms with Gasteiger partial charge in [-0.1, -0.05) is 11.5 Å². The summed E-state index contributed by atoms with van der Waals surface area (Å²) in [6, 6.07) is 0. The monoisotopic (exact) mass is 308 g/mol. The van der Waals surface area contributed by atoms with Crippen molar-refractivity contribution in [3.05, 3.63) is 48.0 Å². The van der Waals surface area contributed by atoms with Crippen molar-refractivity contribution >= 4 is 0 Å². The van der Waals surface area contributed by atoms with E-state index in [1.165, 1.54) is 0 Å². The van der Waals surface area contributed by atoms with Crippen LogP contribution < -0.4 is 24.8 Å². The summed E-state index contributed by atoms with van der Waals surface area (Å²) in [4.78, 5) is 0. The van der Waals surface area contributed by atoms with Gasteiger partial charge in [-0.25, -0.2) is 12.2 Å². The van der Waals surface area contributed by atoms with E-state index >= 15 is 0 Å². The fourth-order valence-electron chi connectivity index (χ4n) is 1.05. The maximum atomic E-state index is 4.83. The minimum Gasteiger partial charge on any atom is -1.00 e. The Bertz CT molecular complexity index is 267. The van der Waals surface area contributed by atoms with Crippen molar-refractivity contribution in [2.75, 3.05) is 14.2 Å². The molecule has 92 valence electrons. The number of halogens is 2. The molecule has 0 fully saturated rings. The summed E-state index contributed by atoms with van der Waals surface area (Å²) in [5, 5.41) is 0. The van der Waals surface area contributed by atoms with Crippen molar-refractivity contribution in [1.29, 1.82) is 0 Å². The average molecular weight is 309 g/mol. The molecule has 0 saturated carbocycles. The van der Waals surface area contributed by atoms with Gasteiger partial charge >= 0.3 is 21.7 Å². The number of allylic oxidation sites excluding steroid dienone is 6. The van der Waals surface area contributed by atoms with Gasteiger partial charge in [0, 0.05) is 0 Å². The summed E-state index contributed by atoms with van der Waals surface area (Å²) in [6.45, 7) is 0. The zero-order valence-electron chi connectivity index (χ0n) is 9.80. The maximum absolute atomic E-state index is 4.83. The van der Waals surface area contributed by atoms with E-state index in [-0.39, 0.29) is 46.5 Å². The van der Waals surface area contributed by atoms with Crippen LogP contribution in [0.5, 0.6) is 0 Å². The zero-order chi connectivity index (χ0) is 10.2. The van der Waals surface area contributed by atoms with Gasteiger partial charge in [0.1, 0.15) is 0 Å². The van der Waals surface area contributed by atoms with Crippen LogP contribution in [0.25, 0.3) is 0 Å². The third-order valence-corrected chi connectivity index (χ3v) is 1.77. The Morgan fingerprint density at radius 3 is 1.35 bits per heavy atom. The molecule has 0 radical (unpaired) electrons.